The normalized spacial score (nSPS) is 11.3. The zero-order valence-electron chi connectivity index (χ0n) is 14.2. The molecular weight excluding hydrogens is 298 g/mol. The Morgan fingerprint density at radius 1 is 1.00 bits per heavy atom. The van der Waals surface area contributed by atoms with Crippen molar-refractivity contribution >= 4 is 5.96 Å². The lowest BCUT2D eigenvalue weighted by Gasteiger charge is -2.06. The number of nitrogens with zero attached hydrogens (tertiary/aromatic N) is 1. The van der Waals surface area contributed by atoms with E-state index in [-0.39, 0.29) is 0 Å². The molecule has 24 heavy (non-hydrogen) atoms. The van der Waals surface area contributed by atoms with E-state index in [0.717, 1.165) is 16.7 Å². The fourth-order valence-corrected chi connectivity index (χ4v) is 2.08. The van der Waals surface area contributed by atoms with Gasteiger partial charge in [0.05, 0.1) is 19.8 Å². The number of ether oxygens (including phenoxy) is 1. The number of hydrogen-bond acceptors (Lipinski definition) is 2. The summed E-state index contributed by atoms with van der Waals surface area (Å²) in [5.74, 6) is 0.438. The van der Waals surface area contributed by atoms with E-state index in [0.29, 0.717) is 32.3 Å². The molecule has 126 valence electrons. The number of guanidine groups is 1. The molecule has 0 aliphatic heterocycles. The Morgan fingerprint density at radius 3 is 2.21 bits per heavy atom. The molecule has 0 amide bonds. The Balaban J connectivity index is 1.76. The van der Waals surface area contributed by atoms with Gasteiger partial charge in [-0.3, -0.25) is 0 Å². The zero-order chi connectivity index (χ0) is 17.2. The van der Waals surface area contributed by atoms with Gasteiger partial charge in [0, 0.05) is 6.54 Å². The summed E-state index contributed by atoms with van der Waals surface area (Å²) < 4.78 is 5.73. The van der Waals surface area contributed by atoms with Crippen LogP contribution in [0.1, 0.15) is 23.6 Å². The van der Waals surface area contributed by atoms with E-state index < -0.39 is 0 Å². The number of nitrogens with one attached hydrogen (secondary N) is 1. The van der Waals surface area contributed by atoms with Gasteiger partial charge < -0.3 is 15.8 Å². The minimum absolute atomic E-state index is 0.438. The van der Waals surface area contributed by atoms with Crippen molar-refractivity contribution in [3.05, 3.63) is 83.4 Å². The molecule has 4 heteroatoms. The topological polar surface area (TPSA) is 59.6 Å². The van der Waals surface area contributed by atoms with E-state index in [1.165, 1.54) is 5.56 Å². The van der Waals surface area contributed by atoms with Gasteiger partial charge in [0.1, 0.15) is 0 Å². The lowest BCUT2D eigenvalue weighted by molar-refractivity contribution is 0.107. The fraction of sp³-hybridized carbons (Fsp3) is 0.250. The first-order valence-corrected chi connectivity index (χ1v) is 8.01. The lowest BCUT2D eigenvalue weighted by Crippen LogP contribution is -2.32. The smallest absolute Gasteiger partial charge is 0.189 e. The molecular formula is C20H25N3O. The number of aliphatic imine (C=N–C) groups is 1. The molecule has 0 bridgehead atoms. The van der Waals surface area contributed by atoms with E-state index in [2.05, 4.69) is 53.3 Å². The first-order chi connectivity index (χ1) is 11.6. The maximum absolute atomic E-state index is 5.80. The van der Waals surface area contributed by atoms with Gasteiger partial charge in [-0.15, -0.1) is 0 Å². The average Bonchev–Trinajstić information content (AvgIpc) is 2.60. The van der Waals surface area contributed by atoms with Crippen molar-refractivity contribution in [2.24, 2.45) is 10.7 Å². The molecule has 0 aromatic heterocycles. The van der Waals surface area contributed by atoms with Crippen LogP contribution in [0.15, 0.2) is 71.7 Å². The van der Waals surface area contributed by atoms with Gasteiger partial charge in [-0.1, -0.05) is 66.7 Å². The predicted octanol–water partition coefficient (Wildman–Crippen LogP) is 3.38. The number of hydrogen-bond donors (Lipinski definition) is 2. The first-order valence-electron chi connectivity index (χ1n) is 8.01. The molecule has 4 nitrogen and oxygen atoms in total. The van der Waals surface area contributed by atoms with Crippen LogP contribution in [0.2, 0.25) is 0 Å². The highest BCUT2D eigenvalue weighted by molar-refractivity contribution is 5.78. The Hall–Kier alpha value is -2.59. The molecule has 2 aromatic rings. The summed E-state index contributed by atoms with van der Waals surface area (Å²) >= 11 is 0. The summed E-state index contributed by atoms with van der Waals surface area (Å²) in [6.45, 7) is 8.18. The van der Waals surface area contributed by atoms with Gasteiger partial charge in [0.2, 0.25) is 0 Å². The number of nitrogens with two attached hydrogens (primary N) is 1. The lowest BCUT2D eigenvalue weighted by atomic mass is 10.1. The van der Waals surface area contributed by atoms with Crippen LogP contribution < -0.4 is 11.1 Å². The second-order valence-corrected chi connectivity index (χ2v) is 5.81. The zero-order valence-corrected chi connectivity index (χ0v) is 14.2. The number of benzene rings is 2. The summed E-state index contributed by atoms with van der Waals surface area (Å²) in [6.07, 6.45) is 0. The largest absolute Gasteiger partial charge is 0.372 e. The molecule has 0 unspecified atom stereocenters. The summed E-state index contributed by atoms with van der Waals surface area (Å²) in [5, 5.41) is 3.02. The highest BCUT2D eigenvalue weighted by Gasteiger charge is 1.97. The second kappa shape index (κ2) is 9.53. The molecule has 0 atom stereocenters. The Kier molecular flexibility index (Phi) is 7.05. The minimum atomic E-state index is 0.438. The SMILES string of the molecule is C=C(C)CNC(N)=NCc1ccc(COCc2ccccc2)cc1. The van der Waals surface area contributed by atoms with Crippen LogP contribution in [0, 0.1) is 0 Å². The molecule has 0 aliphatic rings. The van der Waals surface area contributed by atoms with Crippen molar-refractivity contribution in [1.82, 2.24) is 5.32 Å². The van der Waals surface area contributed by atoms with Crippen molar-refractivity contribution < 1.29 is 4.74 Å². The molecule has 2 rings (SSSR count). The van der Waals surface area contributed by atoms with E-state index in [4.69, 9.17) is 10.5 Å². The molecule has 0 heterocycles. The quantitative estimate of drug-likeness (QED) is 0.445. The van der Waals surface area contributed by atoms with Crippen LogP contribution in [0.5, 0.6) is 0 Å². The van der Waals surface area contributed by atoms with E-state index in [1.54, 1.807) is 0 Å². The van der Waals surface area contributed by atoms with E-state index >= 15 is 0 Å². The molecule has 2 aromatic carbocycles. The summed E-state index contributed by atoms with van der Waals surface area (Å²) in [4.78, 5) is 4.31. The van der Waals surface area contributed by atoms with Crippen LogP contribution in [-0.4, -0.2) is 12.5 Å². The summed E-state index contributed by atoms with van der Waals surface area (Å²) in [6, 6.07) is 18.4. The van der Waals surface area contributed by atoms with Crippen molar-refractivity contribution in [1.29, 1.82) is 0 Å². The third-order valence-electron chi connectivity index (χ3n) is 3.41. The van der Waals surface area contributed by atoms with Gasteiger partial charge in [-0.25, -0.2) is 4.99 Å². The maximum atomic E-state index is 5.80. The molecule has 0 fully saturated rings. The molecule has 0 radical (unpaired) electrons. The minimum Gasteiger partial charge on any atom is -0.372 e. The third-order valence-corrected chi connectivity index (χ3v) is 3.41. The van der Waals surface area contributed by atoms with Crippen molar-refractivity contribution in [2.45, 2.75) is 26.7 Å². The number of rotatable bonds is 8. The van der Waals surface area contributed by atoms with Gasteiger partial charge in [-0.05, 0) is 23.6 Å². The molecule has 3 N–H and O–H groups in total. The van der Waals surface area contributed by atoms with Crippen molar-refractivity contribution in [3.8, 4) is 0 Å². The highest BCUT2D eigenvalue weighted by atomic mass is 16.5. The van der Waals surface area contributed by atoms with Gasteiger partial charge >= 0.3 is 0 Å². The molecule has 0 aliphatic carbocycles. The monoisotopic (exact) mass is 323 g/mol. The maximum Gasteiger partial charge on any atom is 0.189 e. The van der Waals surface area contributed by atoms with Crippen molar-refractivity contribution in [3.63, 3.8) is 0 Å². The van der Waals surface area contributed by atoms with Gasteiger partial charge in [-0.2, -0.15) is 0 Å². The first kappa shape index (κ1) is 17.8. The molecule has 0 saturated carbocycles. The molecule has 0 saturated heterocycles. The third kappa shape index (κ3) is 6.67. The van der Waals surface area contributed by atoms with Crippen LogP contribution in [-0.2, 0) is 24.5 Å². The Bertz CT molecular complexity index is 663. The second-order valence-electron chi connectivity index (χ2n) is 5.81. The average molecular weight is 323 g/mol. The predicted molar refractivity (Wildman–Crippen MR) is 99.5 cm³/mol. The summed E-state index contributed by atoms with van der Waals surface area (Å²) in [5.41, 5.74) is 10.3. The highest BCUT2D eigenvalue weighted by Crippen LogP contribution is 2.09. The van der Waals surface area contributed by atoms with Crippen LogP contribution in [0.4, 0.5) is 0 Å². The Morgan fingerprint density at radius 2 is 1.58 bits per heavy atom. The van der Waals surface area contributed by atoms with E-state index in [9.17, 15) is 0 Å². The van der Waals surface area contributed by atoms with Crippen LogP contribution in [0.25, 0.3) is 0 Å². The van der Waals surface area contributed by atoms with E-state index in [1.807, 2.05) is 25.1 Å². The van der Waals surface area contributed by atoms with Gasteiger partial charge in [0.15, 0.2) is 5.96 Å². The van der Waals surface area contributed by atoms with Crippen molar-refractivity contribution in [2.75, 3.05) is 6.54 Å². The molecule has 0 spiro atoms. The van der Waals surface area contributed by atoms with Crippen LogP contribution >= 0.6 is 0 Å². The summed E-state index contributed by atoms with van der Waals surface area (Å²) in [7, 11) is 0. The van der Waals surface area contributed by atoms with Crippen LogP contribution in [0.3, 0.4) is 0 Å². The Labute approximate surface area is 144 Å². The van der Waals surface area contributed by atoms with Gasteiger partial charge in [0.25, 0.3) is 0 Å². The standard InChI is InChI=1S/C20H25N3O/c1-16(2)12-22-20(21)23-13-17-8-10-19(11-9-17)15-24-14-18-6-4-3-5-7-18/h3-11H,1,12-15H2,2H3,(H3,21,22,23). The fourth-order valence-electron chi connectivity index (χ4n) is 2.08.